The van der Waals surface area contributed by atoms with Crippen LogP contribution in [0.25, 0.3) is 27.0 Å². The van der Waals surface area contributed by atoms with Crippen LogP contribution in [-0.2, 0) is 17.0 Å². The van der Waals surface area contributed by atoms with E-state index in [-0.39, 0.29) is 49.4 Å². The molecule has 6 rings (SSSR count). The van der Waals surface area contributed by atoms with Crippen molar-refractivity contribution in [3.63, 3.8) is 0 Å². The number of anilines is 1. The fraction of sp³-hybridized carbons (Fsp3) is 0.452. The SMILES string of the molecule is [C-]#[N+]C[C@H]1CN(c2nc(OC[C@@H]3CCCN3C)nc3c(F)c(-c4cccc5c4CCSC5)ncc23)CCN1C(=O)C(=C)F. The third-order valence-electron chi connectivity index (χ3n) is 8.58. The number of aromatic nitrogens is 3. The number of hydrogen-bond donors (Lipinski definition) is 0. The van der Waals surface area contributed by atoms with Crippen molar-refractivity contribution in [1.82, 2.24) is 24.8 Å². The van der Waals surface area contributed by atoms with Crippen LogP contribution in [0.5, 0.6) is 6.01 Å². The van der Waals surface area contributed by atoms with Gasteiger partial charge in [-0.15, -0.1) is 0 Å². The van der Waals surface area contributed by atoms with Gasteiger partial charge in [-0.25, -0.2) is 15.4 Å². The highest BCUT2D eigenvalue weighted by Gasteiger charge is 2.35. The van der Waals surface area contributed by atoms with Crippen molar-refractivity contribution in [2.45, 2.75) is 37.1 Å². The highest BCUT2D eigenvalue weighted by atomic mass is 32.2. The van der Waals surface area contributed by atoms with Gasteiger partial charge in [0.15, 0.2) is 11.6 Å². The average molecular weight is 606 g/mol. The largest absolute Gasteiger partial charge is 0.462 e. The summed E-state index contributed by atoms with van der Waals surface area (Å²) in [5.41, 5.74) is 3.41. The van der Waals surface area contributed by atoms with Gasteiger partial charge in [0.25, 0.3) is 5.91 Å². The smallest absolute Gasteiger partial charge is 0.319 e. The fourth-order valence-corrected chi connectivity index (χ4v) is 7.23. The molecule has 2 fully saturated rings. The van der Waals surface area contributed by atoms with Crippen molar-refractivity contribution >= 4 is 34.4 Å². The van der Waals surface area contributed by atoms with Crippen LogP contribution >= 0.6 is 11.8 Å². The van der Waals surface area contributed by atoms with Gasteiger partial charge in [0.2, 0.25) is 6.54 Å². The second kappa shape index (κ2) is 12.4. The molecule has 2 aromatic heterocycles. The second-order valence-corrected chi connectivity index (χ2v) is 12.3. The minimum absolute atomic E-state index is 0.0237. The van der Waals surface area contributed by atoms with Gasteiger partial charge in [0.05, 0.1) is 5.39 Å². The number of thioether (sulfide) groups is 1. The van der Waals surface area contributed by atoms with Crippen molar-refractivity contribution in [1.29, 1.82) is 0 Å². The molecule has 43 heavy (non-hydrogen) atoms. The fourth-order valence-electron chi connectivity index (χ4n) is 6.25. The van der Waals surface area contributed by atoms with Gasteiger partial charge >= 0.3 is 6.01 Å². The Balaban J connectivity index is 1.42. The van der Waals surface area contributed by atoms with Gasteiger partial charge < -0.3 is 24.3 Å². The summed E-state index contributed by atoms with van der Waals surface area (Å²) in [6.45, 7) is 12.5. The average Bonchev–Trinajstić information content (AvgIpc) is 3.44. The molecule has 224 valence electrons. The van der Waals surface area contributed by atoms with Gasteiger partial charge in [0, 0.05) is 43.2 Å². The van der Waals surface area contributed by atoms with E-state index in [0.29, 0.717) is 17.8 Å². The highest BCUT2D eigenvalue weighted by molar-refractivity contribution is 7.98. The number of ether oxygens (including phenoxy) is 1. The molecule has 0 saturated carbocycles. The van der Waals surface area contributed by atoms with Crippen LogP contribution in [0.3, 0.4) is 0 Å². The van der Waals surface area contributed by atoms with Crippen LogP contribution in [0.2, 0.25) is 0 Å². The second-order valence-electron chi connectivity index (χ2n) is 11.2. The third-order valence-corrected chi connectivity index (χ3v) is 9.59. The number of rotatable bonds is 7. The van der Waals surface area contributed by atoms with Crippen molar-refractivity contribution in [2.75, 3.05) is 57.0 Å². The molecular weight excluding hydrogens is 572 g/mol. The number of piperazine rings is 1. The van der Waals surface area contributed by atoms with Crippen LogP contribution in [0.4, 0.5) is 14.6 Å². The normalized spacial score (nSPS) is 20.6. The van der Waals surface area contributed by atoms with E-state index in [1.165, 1.54) is 10.5 Å². The number of likely N-dealkylation sites (N-methyl/N-ethyl adjacent to an activating group) is 1. The van der Waals surface area contributed by atoms with Crippen molar-refractivity contribution < 1.29 is 18.3 Å². The summed E-state index contributed by atoms with van der Waals surface area (Å²) in [4.78, 5) is 35.3. The van der Waals surface area contributed by atoms with E-state index in [9.17, 15) is 9.18 Å². The number of hydrogen-bond acceptors (Lipinski definition) is 8. The summed E-state index contributed by atoms with van der Waals surface area (Å²) in [7, 11) is 2.05. The molecular formula is C31H33F2N7O2S. The number of nitrogens with zero attached hydrogens (tertiary/aromatic N) is 7. The molecule has 0 bridgehead atoms. The maximum absolute atomic E-state index is 16.5. The van der Waals surface area contributed by atoms with Crippen LogP contribution in [0.15, 0.2) is 36.8 Å². The summed E-state index contributed by atoms with van der Waals surface area (Å²) in [6, 6.07) is 5.60. The van der Waals surface area contributed by atoms with E-state index in [1.54, 1.807) is 6.20 Å². The Morgan fingerprint density at radius 2 is 2.12 bits per heavy atom. The number of pyridine rings is 1. The molecule has 9 nitrogen and oxygen atoms in total. The molecule has 0 unspecified atom stereocenters. The third kappa shape index (κ3) is 5.76. The van der Waals surface area contributed by atoms with E-state index in [1.807, 2.05) is 28.8 Å². The lowest BCUT2D eigenvalue weighted by Crippen LogP contribution is -2.56. The summed E-state index contributed by atoms with van der Waals surface area (Å²) in [5.74, 6) is -0.179. The van der Waals surface area contributed by atoms with Gasteiger partial charge in [-0.3, -0.25) is 9.78 Å². The number of halogens is 2. The van der Waals surface area contributed by atoms with Gasteiger partial charge in [-0.1, -0.05) is 24.8 Å². The Morgan fingerprint density at radius 3 is 2.88 bits per heavy atom. The Morgan fingerprint density at radius 1 is 1.26 bits per heavy atom. The highest BCUT2D eigenvalue weighted by Crippen LogP contribution is 2.37. The summed E-state index contributed by atoms with van der Waals surface area (Å²) >= 11 is 1.86. The lowest BCUT2D eigenvalue weighted by Gasteiger charge is -2.39. The molecule has 1 aromatic carbocycles. The lowest BCUT2D eigenvalue weighted by molar-refractivity contribution is -0.131. The van der Waals surface area contributed by atoms with Crippen LogP contribution in [0.1, 0.15) is 24.0 Å². The molecule has 0 N–H and O–H groups in total. The summed E-state index contributed by atoms with van der Waals surface area (Å²) < 4.78 is 36.4. The Kier molecular flexibility index (Phi) is 8.45. The van der Waals surface area contributed by atoms with E-state index in [2.05, 4.69) is 39.4 Å². The molecule has 5 heterocycles. The molecule has 0 radical (unpaired) electrons. The molecule has 12 heteroatoms. The van der Waals surface area contributed by atoms with Crippen molar-refractivity contribution in [3.05, 3.63) is 65.2 Å². The monoisotopic (exact) mass is 605 g/mol. The van der Waals surface area contributed by atoms with Crippen LogP contribution in [0, 0.1) is 12.4 Å². The topological polar surface area (TPSA) is 79.1 Å². The molecule has 2 atom stereocenters. The van der Waals surface area contributed by atoms with Crippen LogP contribution < -0.4 is 9.64 Å². The molecule has 3 aliphatic heterocycles. The number of carbonyl (C=O) groups excluding carboxylic acids is 1. The predicted molar refractivity (Wildman–Crippen MR) is 163 cm³/mol. The van der Waals surface area contributed by atoms with Crippen molar-refractivity contribution in [2.24, 2.45) is 0 Å². The van der Waals surface area contributed by atoms with Gasteiger partial charge in [0.1, 0.15) is 29.7 Å². The zero-order valence-electron chi connectivity index (χ0n) is 24.1. The predicted octanol–water partition coefficient (Wildman–Crippen LogP) is 4.51. The first-order valence-corrected chi connectivity index (χ1v) is 15.6. The maximum atomic E-state index is 16.5. The van der Waals surface area contributed by atoms with E-state index < -0.39 is 23.6 Å². The molecule has 2 saturated heterocycles. The first-order valence-electron chi connectivity index (χ1n) is 14.5. The Labute approximate surface area is 253 Å². The molecule has 3 aromatic rings. The summed E-state index contributed by atoms with van der Waals surface area (Å²) in [6.07, 6.45) is 4.50. The number of fused-ring (bicyclic) bond motifs is 2. The lowest BCUT2D eigenvalue weighted by atomic mass is 9.96. The van der Waals surface area contributed by atoms with Gasteiger partial charge in [-0.2, -0.15) is 21.7 Å². The van der Waals surface area contributed by atoms with Crippen LogP contribution in [-0.4, -0.2) is 94.9 Å². The Hall–Kier alpha value is -3.82. The van der Waals surface area contributed by atoms with E-state index in [0.717, 1.165) is 48.4 Å². The number of carbonyl (C=O) groups is 1. The molecule has 1 amide bonds. The quantitative estimate of drug-likeness (QED) is 0.288. The minimum atomic E-state index is -1.07. The number of benzene rings is 1. The zero-order valence-corrected chi connectivity index (χ0v) is 24.9. The Bertz CT molecular complexity index is 1610. The van der Waals surface area contributed by atoms with E-state index in [4.69, 9.17) is 16.3 Å². The van der Waals surface area contributed by atoms with E-state index >= 15 is 4.39 Å². The standard InChI is InChI=1S/C31H33F2N7O2S/c1-19(32)30(41)40-12-11-39(16-22(40)14-34-2)29-25-15-35-27(24-8-4-6-20-18-43-13-9-23(20)24)26(33)28(25)36-31(37-29)42-17-21-7-5-10-38(21)3/h4,6,8,15,21-22H,1,5,7,9-14,16-18H2,3H3/t21-,22-/m0/s1. The summed E-state index contributed by atoms with van der Waals surface area (Å²) in [5, 5.41) is 0.406. The molecule has 0 spiro atoms. The first kappa shape index (κ1) is 29.3. The zero-order chi connectivity index (χ0) is 30.1. The molecule has 0 aliphatic carbocycles. The molecule has 3 aliphatic rings. The van der Waals surface area contributed by atoms with Crippen molar-refractivity contribution in [3.8, 4) is 17.3 Å². The first-order chi connectivity index (χ1) is 20.9. The maximum Gasteiger partial charge on any atom is 0.319 e. The number of likely N-dealkylation sites (tertiary alicyclic amines) is 1. The number of amides is 1. The minimum Gasteiger partial charge on any atom is -0.462 e. The van der Waals surface area contributed by atoms with Gasteiger partial charge in [-0.05, 0) is 49.7 Å².